The van der Waals surface area contributed by atoms with Crippen LogP contribution in [0.2, 0.25) is 10.0 Å². The average molecular weight is 363 g/mol. The van der Waals surface area contributed by atoms with Crippen molar-refractivity contribution in [3.63, 3.8) is 0 Å². The molecule has 5 heteroatoms. The van der Waals surface area contributed by atoms with E-state index >= 15 is 0 Å². The topological polar surface area (TPSA) is 33.2 Å². The Balaban J connectivity index is 1.74. The van der Waals surface area contributed by atoms with Crippen molar-refractivity contribution >= 4 is 29.1 Å². The fourth-order valence-electron chi connectivity index (χ4n) is 3.32. The van der Waals surface area contributed by atoms with Gasteiger partial charge in [-0.25, -0.2) is 0 Å². The third-order valence-electron chi connectivity index (χ3n) is 4.58. The van der Waals surface area contributed by atoms with Crippen LogP contribution in [0.15, 0.2) is 36.7 Å². The lowest BCUT2D eigenvalue weighted by Crippen LogP contribution is -2.41. The highest BCUT2D eigenvalue weighted by atomic mass is 35.5. The number of pyridine rings is 1. The molecule has 0 unspecified atom stereocenters. The minimum absolute atomic E-state index is 0.179. The first-order chi connectivity index (χ1) is 11.6. The summed E-state index contributed by atoms with van der Waals surface area (Å²) < 4.78 is 0. The first kappa shape index (κ1) is 17.2. The molecule has 1 aliphatic rings. The minimum Gasteiger partial charge on any atom is -0.339 e. The number of aromatic nitrogens is 1. The number of fused-ring (bicyclic) bond motifs is 1. The molecule has 1 aliphatic carbocycles. The van der Waals surface area contributed by atoms with Crippen molar-refractivity contribution in [1.82, 2.24) is 9.88 Å². The molecule has 24 heavy (non-hydrogen) atoms. The molecule has 0 saturated carbocycles. The maximum atomic E-state index is 12.5. The highest BCUT2D eigenvalue weighted by Crippen LogP contribution is 2.33. The highest BCUT2D eigenvalue weighted by molar-refractivity contribution is 6.42. The first-order valence-electron chi connectivity index (χ1n) is 8.23. The van der Waals surface area contributed by atoms with Gasteiger partial charge in [0.2, 0.25) is 5.91 Å². The number of hydrogen-bond donors (Lipinski definition) is 0. The second-order valence-electron chi connectivity index (χ2n) is 6.15. The summed E-state index contributed by atoms with van der Waals surface area (Å²) in [6.07, 6.45) is 6.63. The van der Waals surface area contributed by atoms with Crippen molar-refractivity contribution in [2.75, 3.05) is 6.54 Å². The summed E-state index contributed by atoms with van der Waals surface area (Å²) in [4.78, 5) is 18.6. The molecule has 0 saturated heterocycles. The van der Waals surface area contributed by atoms with Crippen molar-refractivity contribution in [3.05, 3.63) is 63.4 Å². The van der Waals surface area contributed by atoms with Crippen LogP contribution in [-0.2, 0) is 24.1 Å². The summed E-state index contributed by atoms with van der Waals surface area (Å²) in [5.41, 5.74) is 3.54. The molecular formula is C19H20Cl2N2O. The Labute approximate surface area is 152 Å². The van der Waals surface area contributed by atoms with Gasteiger partial charge in [-0.3, -0.25) is 9.78 Å². The van der Waals surface area contributed by atoms with Crippen LogP contribution < -0.4 is 0 Å². The van der Waals surface area contributed by atoms with Crippen molar-refractivity contribution < 1.29 is 4.79 Å². The zero-order valence-electron chi connectivity index (χ0n) is 13.6. The number of rotatable bonds is 5. The molecule has 3 nitrogen and oxygen atoms in total. The zero-order chi connectivity index (χ0) is 17.1. The molecule has 0 N–H and O–H groups in total. The van der Waals surface area contributed by atoms with E-state index in [1.807, 2.05) is 42.3 Å². The summed E-state index contributed by atoms with van der Waals surface area (Å²) in [7, 11) is 0. The number of amides is 1. The van der Waals surface area contributed by atoms with E-state index in [1.54, 1.807) is 6.20 Å². The molecule has 0 atom stereocenters. The molecule has 0 aliphatic heterocycles. The molecule has 0 bridgehead atoms. The quantitative estimate of drug-likeness (QED) is 0.792. The smallest absolute Gasteiger partial charge is 0.222 e. The van der Waals surface area contributed by atoms with Crippen LogP contribution in [0.5, 0.6) is 0 Å². The predicted octanol–water partition coefficient (Wildman–Crippen LogP) is 4.34. The minimum atomic E-state index is 0.179. The summed E-state index contributed by atoms with van der Waals surface area (Å²) >= 11 is 12.3. The Morgan fingerprint density at radius 1 is 1.25 bits per heavy atom. The van der Waals surface area contributed by atoms with E-state index in [-0.39, 0.29) is 11.9 Å². The third kappa shape index (κ3) is 3.73. The van der Waals surface area contributed by atoms with Crippen LogP contribution in [0.1, 0.15) is 30.0 Å². The van der Waals surface area contributed by atoms with Crippen LogP contribution in [-0.4, -0.2) is 28.4 Å². The zero-order valence-corrected chi connectivity index (χ0v) is 15.1. The van der Waals surface area contributed by atoms with Gasteiger partial charge in [0.1, 0.15) is 0 Å². The number of halogens is 2. The summed E-state index contributed by atoms with van der Waals surface area (Å²) in [5.74, 6) is 0.189. The van der Waals surface area contributed by atoms with E-state index < -0.39 is 0 Å². The number of hydrogen-bond acceptors (Lipinski definition) is 2. The van der Waals surface area contributed by atoms with Crippen LogP contribution >= 0.6 is 23.2 Å². The van der Waals surface area contributed by atoms with Gasteiger partial charge < -0.3 is 4.90 Å². The Morgan fingerprint density at radius 2 is 1.92 bits per heavy atom. The lowest BCUT2D eigenvalue weighted by Gasteiger charge is -2.29. The molecule has 0 spiro atoms. The maximum absolute atomic E-state index is 12.5. The van der Waals surface area contributed by atoms with Crippen molar-refractivity contribution in [1.29, 1.82) is 0 Å². The predicted molar refractivity (Wildman–Crippen MR) is 97.6 cm³/mol. The molecule has 1 heterocycles. The van der Waals surface area contributed by atoms with Crippen molar-refractivity contribution in [3.8, 4) is 0 Å². The SMILES string of the molecule is CCC(=O)N(CCc1cccnc1)C1Cc2cc(Cl)c(Cl)cc2C1. The number of carbonyl (C=O) groups is 1. The van der Waals surface area contributed by atoms with Crippen LogP contribution in [0.3, 0.4) is 0 Å². The van der Waals surface area contributed by atoms with Crippen molar-refractivity contribution in [2.45, 2.75) is 38.6 Å². The molecule has 1 aromatic carbocycles. The van der Waals surface area contributed by atoms with Gasteiger partial charge in [-0.2, -0.15) is 0 Å². The normalized spacial score (nSPS) is 13.8. The molecule has 0 radical (unpaired) electrons. The molecule has 1 amide bonds. The van der Waals surface area contributed by atoms with Crippen molar-refractivity contribution in [2.24, 2.45) is 0 Å². The third-order valence-corrected chi connectivity index (χ3v) is 5.30. The van der Waals surface area contributed by atoms with E-state index in [2.05, 4.69) is 4.98 Å². The summed E-state index contributed by atoms with van der Waals surface area (Å²) in [6.45, 7) is 2.62. The summed E-state index contributed by atoms with van der Waals surface area (Å²) in [6, 6.07) is 8.03. The van der Waals surface area contributed by atoms with Gasteiger partial charge in [0.25, 0.3) is 0 Å². The molecular weight excluding hydrogens is 343 g/mol. The van der Waals surface area contributed by atoms with E-state index in [4.69, 9.17) is 23.2 Å². The number of carbonyl (C=O) groups excluding carboxylic acids is 1. The Bertz CT molecular complexity index is 703. The lowest BCUT2D eigenvalue weighted by molar-refractivity contribution is -0.133. The Hall–Kier alpha value is -1.58. The second kappa shape index (κ2) is 7.54. The molecule has 3 rings (SSSR count). The van der Waals surface area contributed by atoms with Crippen LogP contribution in [0.4, 0.5) is 0 Å². The fraction of sp³-hybridized carbons (Fsp3) is 0.368. The monoisotopic (exact) mass is 362 g/mol. The van der Waals surface area contributed by atoms with E-state index in [0.29, 0.717) is 23.0 Å². The fourth-order valence-corrected chi connectivity index (χ4v) is 3.69. The van der Waals surface area contributed by atoms with Gasteiger partial charge in [-0.05, 0) is 54.2 Å². The molecule has 2 aromatic rings. The first-order valence-corrected chi connectivity index (χ1v) is 8.99. The largest absolute Gasteiger partial charge is 0.339 e. The van der Waals surface area contributed by atoms with Gasteiger partial charge in [0.05, 0.1) is 10.0 Å². The maximum Gasteiger partial charge on any atom is 0.222 e. The molecule has 126 valence electrons. The summed E-state index contributed by atoms with van der Waals surface area (Å²) in [5, 5.41) is 1.17. The Morgan fingerprint density at radius 3 is 2.46 bits per heavy atom. The van der Waals surface area contributed by atoms with Gasteiger partial charge in [-0.15, -0.1) is 0 Å². The average Bonchev–Trinajstić information content (AvgIpc) is 2.98. The molecule has 1 aromatic heterocycles. The van der Waals surface area contributed by atoms with E-state index in [0.717, 1.165) is 24.8 Å². The second-order valence-corrected chi connectivity index (χ2v) is 6.96. The van der Waals surface area contributed by atoms with Crippen LogP contribution in [0.25, 0.3) is 0 Å². The standard InChI is InChI=1S/C19H20Cl2N2O/c1-2-19(24)23(7-5-13-4-3-6-22-12-13)16-8-14-10-17(20)18(21)11-15(14)9-16/h3-4,6,10-12,16H,2,5,7-9H2,1H3. The van der Waals surface area contributed by atoms with Crippen LogP contribution in [0, 0.1) is 0 Å². The highest BCUT2D eigenvalue weighted by Gasteiger charge is 2.29. The van der Waals surface area contributed by atoms with Gasteiger partial charge in [-0.1, -0.05) is 36.2 Å². The van der Waals surface area contributed by atoms with E-state index in [1.165, 1.54) is 11.1 Å². The lowest BCUT2D eigenvalue weighted by atomic mass is 10.1. The van der Waals surface area contributed by atoms with Gasteiger partial charge in [0.15, 0.2) is 0 Å². The van der Waals surface area contributed by atoms with Gasteiger partial charge in [0, 0.05) is 31.4 Å². The molecule has 0 fully saturated rings. The van der Waals surface area contributed by atoms with Gasteiger partial charge >= 0.3 is 0 Å². The Kier molecular flexibility index (Phi) is 5.42. The van der Waals surface area contributed by atoms with E-state index in [9.17, 15) is 4.79 Å². The number of nitrogens with zero attached hydrogens (tertiary/aromatic N) is 2. The number of benzene rings is 1.